The lowest BCUT2D eigenvalue weighted by Gasteiger charge is -2.11. The van der Waals surface area contributed by atoms with Gasteiger partial charge in [-0.05, 0) is 37.1 Å². The number of fused-ring (bicyclic) bond motifs is 1. The maximum Gasteiger partial charge on any atom is 0.151 e. The second kappa shape index (κ2) is 4.58. The first-order valence-electron chi connectivity index (χ1n) is 7.23. The highest BCUT2D eigenvalue weighted by Crippen LogP contribution is 2.42. The first-order valence-corrected chi connectivity index (χ1v) is 7.23. The van der Waals surface area contributed by atoms with Crippen LogP contribution in [0, 0.1) is 5.82 Å². The van der Waals surface area contributed by atoms with E-state index in [4.69, 9.17) is 0 Å². The molecule has 0 saturated heterocycles. The van der Waals surface area contributed by atoms with Crippen molar-refractivity contribution in [2.24, 2.45) is 0 Å². The molecule has 4 rings (SSSR count). The smallest absolute Gasteiger partial charge is 0.151 e. The number of benzene rings is 2. The molecule has 1 heterocycles. The topological polar surface area (TPSA) is 29.9 Å². The number of imidazole rings is 1. The molecule has 0 bridgehead atoms. The first-order chi connectivity index (χ1) is 10.3. The quantitative estimate of drug-likeness (QED) is 0.779. The zero-order valence-corrected chi connectivity index (χ0v) is 11.8. The van der Waals surface area contributed by atoms with Crippen LogP contribution in [0.2, 0.25) is 0 Å². The molecule has 1 aromatic heterocycles. The molecule has 1 aliphatic rings. The van der Waals surface area contributed by atoms with Crippen LogP contribution < -0.4 is 5.32 Å². The van der Waals surface area contributed by atoms with Crippen molar-refractivity contribution in [2.75, 3.05) is 12.4 Å². The molecular formula is C17H16FN3. The Morgan fingerprint density at radius 1 is 1.14 bits per heavy atom. The SMILES string of the molecule is CNc1ccccc1-c1nc2c(F)cccc2n1C1CC1. The van der Waals surface area contributed by atoms with E-state index in [0.717, 1.165) is 35.4 Å². The minimum absolute atomic E-state index is 0.255. The van der Waals surface area contributed by atoms with Crippen LogP contribution in [0.15, 0.2) is 42.5 Å². The molecule has 4 heteroatoms. The maximum absolute atomic E-state index is 14.1. The van der Waals surface area contributed by atoms with Crippen LogP contribution in [0.5, 0.6) is 0 Å². The zero-order valence-electron chi connectivity index (χ0n) is 11.8. The molecule has 2 aromatic carbocycles. The molecule has 0 radical (unpaired) electrons. The third kappa shape index (κ3) is 1.90. The van der Waals surface area contributed by atoms with Crippen molar-refractivity contribution >= 4 is 16.7 Å². The molecule has 0 spiro atoms. The summed E-state index contributed by atoms with van der Waals surface area (Å²) in [5.41, 5.74) is 3.38. The van der Waals surface area contributed by atoms with Gasteiger partial charge in [0, 0.05) is 24.3 Å². The van der Waals surface area contributed by atoms with E-state index in [1.807, 2.05) is 37.4 Å². The highest BCUT2D eigenvalue weighted by molar-refractivity contribution is 5.84. The van der Waals surface area contributed by atoms with Crippen LogP contribution in [0.4, 0.5) is 10.1 Å². The van der Waals surface area contributed by atoms with Gasteiger partial charge in [0.05, 0.1) is 5.52 Å². The van der Waals surface area contributed by atoms with E-state index in [1.165, 1.54) is 6.07 Å². The summed E-state index contributed by atoms with van der Waals surface area (Å²) in [6, 6.07) is 13.6. The summed E-state index contributed by atoms with van der Waals surface area (Å²) >= 11 is 0. The van der Waals surface area contributed by atoms with Gasteiger partial charge in [-0.2, -0.15) is 0 Å². The summed E-state index contributed by atoms with van der Waals surface area (Å²) in [7, 11) is 1.89. The maximum atomic E-state index is 14.1. The number of nitrogens with zero attached hydrogens (tertiary/aromatic N) is 2. The van der Waals surface area contributed by atoms with Crippen LogP contribution in [0.25, 0.3) is 22.4 Å². The third-order valence-corrected chi connectivity index (χ3v) is 4.02. The molecule has 1 fully saturated rings. The summed E-state index contributed by atoms with van der Waals surface area (Å²) in [6.45, 7) is 0. The lowest BCUT2D eigenvalue weighted by atomic mass is 10.1. The van der Waals surface area contributed by atoms with Crippen molar-refractivity contribution in [3.63, 3.8) is 0 Å². The molecule has 3 aromatic rings. The summed E-state index contributed by atoms with van der Waals surface area (Å²) in [4.78, 5) is 4.60. The van der Waals surface area contributed by atoms with Gasteiger partial charge >= 0.3 is 0 Å². The van der Waals surface area contributed by atoms with Crippen LogP contribution in [0.3, 0.4) is 0 Å². The van der Waals surface area contributed by atoms with Gasteiger partial charge in [0.2, 0.25) is 0 Å². The van der Waals surface area contributed by atoms with Crippen molar-refractivity contribution in [1.29, 1.82) is 0 Å². The lowest BCUT2D eigenvalue weighted by molar-refractivity contribution is 0.637. The number of para-hydroxylation sites is 2. The van der Waals surface area contributed by atoms with Crippen LogP contribution >= 0.6 is 0 Å². The van der Waals surface area contributed by atoms with Crippen molar-refractivity contribution < 1.29 is 4.39 Å². The summed E-state index contributed by atoms with van der Waals surface area (Å²) < 4.78 is 16.3. The number of nitrogens with one attached hydrogen (secondary N) is 1. The first kappa shape index (κ1) is 12.4. The Balaban J connectivity index is 2.04. The van der Waals surface area contributed by atoms with Crippen LogP contribution in [-0.4, -0.2) is 16.6 Å². The Kier molecular flexibility index (Phi) is 2.70. The van der Waals surface area contributed by atoms with Gasteiger partial charge in [-0.15, -0.1) is 0 Å². The Labute approximate surface area is 122 Å². The number of aromatic nitrogens is 2. The fourth-order valence-corrected chi connectivity index (χ4v) is 2.87. The van der Waals surface area contributed by atoms with Crippen molar-refractivity contribution in [1.82, 2.24) is 9.55 Å². The molecule has 1 saturated carbocycles. The molecule has 0 amide bonds. The van der Waals surface area contributed by atoms with E-state index in [1.54, 1.807) is 6.07 Å². The number of halogens is 1. The molecule has 3 nitrogen and oxygen atoms in total. The van der Waals surface area contributed by atoms with Gasteiger partial charge < -0.3 is 9.88 Å². The molecular weight excluding hydrogens is 265 g/mol. The highest BCUT2D eigenvalue weighted by atomic mass is 19.1. The average Bonchev–Trinajstić information content (AvgIpc) is 3.27. The Bertz CT molecular complexity index is 818. The Hall–Kier alpha value is -2.36. The minimum Gasteiger partial charge on any atom is -0.388 e. The van der Waals surface area contributed by atoms with Crippen LogP contribution in [0.1, 0.15) is 18.9 Å². The van der Waals surface area contributed by atoms with Gasteiger partial charge in [-0.3, -0.25) is 0 Å². The predicted octanol–water partition coefficient (Wildman–Crippen LogP) is 4.22. The summed E-state index contributed by atoms with van der Waals surface area (Å²) in [6.07, 6.45) is 2.27. The van der Waals surface area contributed by atoms with E-state index in [-0.39, 0.29) is 5.82 Å². The molecule has 1 aliphatic carbocycles. The van der Waals surface area contributed by atoms with Gasteiger partial charge in [-0.25, -0.2) is 9.37 Å². The average molecular weight is 281 g/mol. The fraction of sp³-hybridized carbons (Fsp3) is 0.235. The monoisotopic (exact) mass is 281 g/mol. The number of rotatable bonds is 3. The van der Waals surface area contributed by atoms with Gasteiger partial charge in [-0.1, -0.05) is 18.2 Å². The van der Waals surface area contributed by atoms with Crippen molar-refractivity contribution in [3.05, 3.63) is 48.3 Å². The normalized spacial score (nSPS) is 14.6. The third-order valence-electron chi connectivity index (χ3n) is 4.02. The minimum atomic E-state index is -0.255. The number of hydrogen-bond acceptors (Lipinski definition) is 2. The molecule has 0 unspecified atom stereocenters. The summed E-state index contributed by atoms with van der Waals surface area (Å²) in [5, 5.41) is 3.19. The zero-order chi connectivity index (χ0) is 14.4. The summed E-state index contributed by atoms with van der Waals surface area (Å²) in [5.74, 6) is 0.595. The Morgan fingerprint density at radius 3 is 2.71 bits per heavy atom. The fourth-order valence-electron chi connectivity index (χ4n) is 2.87. The van der Waals surface area contributed by atoms with E-state index >= 15 is 0 Å². The van der Waals surface area contributed by atoms with E-state index in [9.17, 15) is 4.39 Å². The predicted molar refractivity (Wildman–Crippen MR) is 82.9 cm³/mol. The van der Waals surface area contributed by atoms with E-state index in [2.05, 4.69) is 14.9 Å². The second-order valence-electron chi connectivity index (χ2n) is 5.44. The van der Waals surface area contributed by atoms with Crippen LogP contribution in [-0.2, 0) is 0 Å². The molecule has 0 atom stereocenters. The molecule has 106 valence electrons. The molecule has 0 aliphatic heterocycles. The number of anilines is 1. The van der Waals surface area contributed by atoms with Gasteiger partial charge in [0.15, 0.2) is 5.82 Å². The van der Waals surface area contributed by atoms with Gasteiger partial charge in [0.25, 0.3) is 0 Å². The number of hydrogen-bond donors (Lipinski definition) is 1. The van der Waals surface area contributed by atoms with Gasteiger partial charge in [0.1, 0.15) is 11.3 Å². The van der Waals surface area contributed by atoms with E-state index in [0.29, 0.717) is 11.6 Å². The lowest BCUT2D eigenvalue weighted by Crippen LogP contribution is -2.00. The molecule has 1 N–H and O–H groups in total. The standard InChI is InChI=1S/C17H16FN3/c1-19-14-7-3-2-5-12(14)17-20-16-13(18)6-4-8-15(16)21(17)11-9-10-11/h2-8,11,19H,9-10H2,1H3. The second-order valence-corrected chi connectivity index (χ2v) is 5.44. The van der Waals surface area contributed by atoms with E-state index < -0.39 is 0 Å². The van der Waals surface area contributed by atoms with Crippen molar-refractivity contribution in [3.8, 4) is 11.4 Å². The van der Waals surface area contributed by atoms with Crippen molar-refractivity contribution in [2.45, 2.75) is 18.9 Å². The molecule has 21 heavy (non-hydrogen) atoms. The largest absolute Gasteiger partial charge is 0.388 e. The highest BCUT2D eigenvalue weighted by Gasteiger charge is 2.29. The Morgan fingerprint density at radius 2 is 1.95 bits per heavy atom.